The summed E-state index contributed by atoms with van der Waals surface area (Å²) in [5.41, 5.74) is 1.26. The van der Waals surface area contributed by atoms with Gasteiger partial charge in [0.1, 0.15) is 6.54 Å². The Morgan fingerprint density at radius 1 is 1.22 bits per heavy atom. The number of amides is 2. The smallest absolute Gasteiger partial charge is 0.253 e. The van der Waals surface area contributed by atoms with E-state index in [2.05, 4.69) is 26.3 Å². The van der Waals surface area contributed by atoms with Crippen LogP contribution in [0.25, 0.3) is 0 Å². The van der Waals surface area contributed by atoms with Crippen molar-refractivity contribution in [2.24, 2.45) is 0 Å². The molecule has 0 aliphatic heterocycles. The predicted molar refractivity (Wildman–Crippen MR) is 92.3 cm³/mol. The number of rotatable bonds is 6. The van der Waals surface area contributed by atoms with E-state index < -0.39 is 0 Å². The first-order chi connectivity index (χ1) is 11.0. The third kappa shape index (κ3) is 4.66. The van der Waals surface area contributed by atoms with Crippen molar-refractivity contribution in [3.8, 4) is 0 Å². The van der Waals surface area contributed by atoms with E-state index in [1.807, 2.05) is 13.8 Å². The zero-order valence-corrected chi connectivity index (χ0v) is 14.7. The molecule has 23 heavy (non-hydrogen) atoms. The minimum atomic E-state index is -0.177. The highest BCUT2D eigenvalue weighted by atomic mass is 79.9. The summed E-state index contributed by atoms with van der Waals surface area (Å²) in [6.07, 6.45) is 3.35. The van der Waals surface area contributed by atoms with E-state index in [1.54, 1.807) is 41.6 Å². The quantitative estimate of drug-likeness (QED) is 0.839. The molecule has 0 atom stereocenters. The number of hydrogen-bond donors (Lipinski definition) is 1. The molecule has 7 heteroatoms. The molecule has 6 nitrogen and oxygen atoms in total. The van der Waals surface area contributed by atoms with E-state index in [0.717, 1.165) is 4.47 Å². The van der Waals surface area contributed by atoms with Gasteiger partial charge in [-0.05, 0) is 54.0 Å². The maximum Gasteiger partial charge on any atom is 0.253 e. The number of anilines is 1. The van der Waals surface area contributed by atoms with E-state index in [0.29, 0.717) is 24.3 Å². The summed E-state index contributed by atoms with van der Waals surface area (Å²) < 4.78 is 2.36. The lowest BCUT2D eigenvalue weighted by Gasteiger charge is -2.18. The summed E-state index contributed by atoms with van der Waals surface area (Å²) in [5.74, 6) is -0.183. The molecule has 1 aromatic heterocycles. The Labute approximate surface area is 143 Å². The highest BCUT2D eigenvalue weighted by Gasteiger charge is 2.12. The molecule has 0 saturated carbocycles. The molecule has 2 aromatic rings. The van der Waals surface area contributed by atoms with Crippen LogP contribution in [0.15, 0.2) is 41.1 Å². The second-order valence-corrected chi connectivity index (χ2v) is 5.87. The summed E-state index contributed by atoms with van der Waals surface area (Å²) >= 11 is 3.28. The van der Waals surface area contributed by atoms with Gasteiger partial charge in [-0.15, -0.1) is 0 Å². The van der Waals surface area contributed by atoms with Crippen molar-refractivity contribution in [3.05, 3.63) is 46.7 Å². The van der Waals surface area contributed by atoms with Gasteiger partial charge in [0.2, 0.25) is 5.91 Å². The monoisotopic (exact) mass is 378 g/mol. The first-order valence-electron chi connectivity index (χ1n) is 7.40. The first-order valence-corrected chi connectivity index (χ1v) is 8.20. The van der Waals surface area contributed by atoms with Crippen molar-refractivity contribution in [2.75, 3.05) is 18.4 Å². The van der Waals surface area contributed by atoms with Gasteiger partial charge in [0.15, 0.2) is 0 Å². The second kappa shape index (κ2) is 7.92. The average Bonchev–Trinajstić information content (AvgIpc) is 2.94. The van der Waals surface area contributed by atoms with Crippen LogP contribution in [0, 0.1) is 0 Å². The Morgan fingerprint density at radius 3 is 2.39 bits per heavy atom. The Hall–Kier alpha value is -2.15. The molecular weight excluding hydrogens is 360 g/mol. The molecule has 0 aliphatic carbocycles. The topological polar surface area (TPSA) is 67.2 Å². The Balaban J connectivity index is 1.96. The summed E-state index contributed by atoms with van der Waals surface area (Å²) in [6, 6.07) is 6.91. The van der Waals surface area contributed by atoms with Crippen LogP contribution >= 0.6 is 15.9 Å². The van der Waals surface area contributed by atoms with Crippen molar-refractivity contribution in [1.82, 2.24) is 14.7 Å². The molecule has 2 rings (SSSR count). The maximum atomic E-state index is 12.2. The molecule has 2 amide bonds. The van der Waals surface area contributed by atoms with Gasteiger partial charge in [0.25, 0.3) is 5.91 Å². The highest BCUT2D eigenvalue weighted by Crippen LogP contribution is 2.12. The molecule has 1 heterocycles. The van der Waals surface area contributed by atoms with E-state index in [9.17, 15) is 9.59 Å². The van der Waals surface area contributed by atoms with Gasteiger partial charge in [-0.2, -0.15) is 5.10 Å². The number of halogens is 1. The minimum Gasteiger partial charge on any atom is -0.339 e. The number of carbonyl (C=O) groups excluding carboxylic acids is 2. The van der Waals surface area contributed by atoms with Crippen LogP contribution < -0.4 is 5.32 Å². The van der Waals surface area contributed by atoms with Crippen LogP contribution in [0.4, 0.5) is 5.69 Å². The van der Waals surface area contributed by atoms with Crippen LogP contribution in [-0.4, -0.2) is 39.6 Å². The molecule has 122 valence electrons. The van der Waals surface area contributed by atoms with E-state index in [1.165, 1.54) is 4.68 Å². The van der Waals surface area contributed by atoms with Crippen LogP contribution in [0.3, 0.4) is 0 Å². The SMILES string of the molecule is CCN(CC)C(=O)c1ccc(NC(=O)Cn2cc(Br)cn2)cc1. The summed E-state index contributed by atoms with van der Waals surface area (Å²) in [5, 5.41) is 6.81. The molecule has 0 fully saturated rings. The zero-order valence-electron chi connectivity index (χ0n) is 13.1. The van der Waals surface area contributed by atoms with Gasteiger partial charge in [-0.3, -0.25) is 14.3 Å². The van der Waals surface area contributed by atoms with E-state index in [-0.39, 0.29) is 18.4 Å². The molecule has 0 saturated heterocycles. The van der Waals surface area contributed by atoms with Gasteiger partial charge in [0, 0.05) is 30.5 Å². The van der Waals surface area contributed by atoms with Gasteiger partial charge >= 0.3 is 0 Å². The van der Waals surface area contributed by atoms with Gasteiger partial charge in [0.05, 0.1) is 10.7 Å². The lowest BCUT2D eigenvalue weighted by atomic mass is 10.1. The second-order valence-electron chi connectivity index (χ2n) is 4.96. The Kier molecular flexibility index (Phi) is 5.92. The lowest BCUT2D eigenvalue weighted by Crippen LogP contribution is -2.30. The third-order valence-electron chi connectivity index (χ3n) is 3.37. The van der Waals surface area contributed by atoms with Crippen LogP contribution in [0.2, 0.25) is 0 Å². The predicted octanol–water partition coefficient (Wildman–Crippen LogP) is 2.77. The summed E-state index contributed by atoms with van der Waals surface area (Å²) in [4.78, 5) is 25.9. The number of carbonyl (C=O) groups is 2. The van der Waals surface area contributed by atoms with Crippen molar-refractivity contribution < 1.29 is 9.59 Å². The van der Waals surface area contributed by atoms with Crippen molar-refractivity contribution >= 4 is 33.4 Å². The molecule has 0 unspecified atom stereocenters. The number of benzene rings is 1. The minimum absolute atomic E-state index is 0.00531. The summed E-state index contributed by atoms with van der Waals surface area (Å²) in [6.45, 7) is 5.37. The molecular formula is C16H19BrN4O2. The third-order valence-corrected chi connectivity index (χ3v) is 3.78. The molecule has 0 spiro atoms. The number of hydrogen-bond acceptors (Lipinski definition) is 3. The first kappa shape index (κ1) is 17.2. The maximum absolute atomic E-state index is 12.2. The Bertz CT molecular complexity index is 678. The molecule has 1 aromatic carbocycles. The van der Waals surface area contributed by atoms with Crippen LogP contribution in [0.5, 0.6) is 0 Å². The molecule has 0 bridgehead atoms. The fourth-order valence-corrected chi connectivity index (χ4v) is 2.49. The zero-order chi connectivity index (χ0) is 16.8. The van der Waals surface area contributed by atoms with Crippen molar-refractivity contribution in [2.45, 2.75) is 20.4 Å². The van der Waals surface area contributed by atoms with E-state index in [4.69, 9.17) is 0 Å². The van der Waals surface area contributed by atoms with Crippen LogP contribution in [-0.2, 0) is 11.3 Å². The van der Waals surface area contributed by atoms with Gasteiger partial charge in [-0.25, -0.2) is 0 Å². The molecule has 1 N–H and O–H groups in total. The number of nitrogens with zero attached hydrogens (tertiary/aromatic N) is 3. The Morgan fingerprint density at radius 2 is 1.87 bits per heavy atom. The van der Waals surface area contributed by atoms with Gasteiger partial charge in [-0.1, -0.05) is 0 Å². The van der Waals surface area contributed by atoms with E-state index >= 15 is 0 Å². The lowest BCUT2D eigenvalue weighted by molar-refractivity contribution is -0.116. The normalized spacial score (nSPS) is 10.4. The van der Waals surface area contributed by atoms with Gasteiger partial charge < -0.3 is 10.2 Å². The standard InChI is InChI=1S/C16H19BrN4O2/c1-3-20(4-2)16(23)12-5-7-14(8-6-12)19-15(22)11-21-10-13(17)9-18-21/h5-10H,3-4,11H2,1-2H3,(H,19,22). The fraction of sp³-hybridized carbons (Fsp3) is 0.312. The highest BCUT2D eigenvalue weighted by molar-refractivity contribution is 9.10. The van der Waals surface area contributed by atoms with Crippen LogP contribution in [0.1, 0.15) is 24.2 Å². The fourth-order valence-electron chi connectivity index (χ4n) is 2.16. The largest absolute Gasteiger partial charge is 0.339 e. The molecule has 0 radical (unpaired) electrons. The average molecular weight is 379 g/mol. The summed E-state index contributed by atoms with van der Waals surface area (Å²) in [7, 11) is 0. The number of nitrogens with one attached hydrogen (secondary N) is 1. The van der Waals surface area contributed by atoms with Crippen molar-refractivity contribution in [1.29, 1.82) is 0 Å². The van der Waals surface area contributed by atoms with Crippen molar-refractivity contribution in [3.63, 3.8) is 0 Å². The number of aromatic nitrogens is 2. The molecule has 0 aliphatic rings.